The zero-order valence-corrected chi connectivity index (χ0v) is 19.4. The summed E-state index contributed by atoms with van der Waals surface area (Å²) < 4.78 is 11.6. The first kappa shape index (κ1) is 20.8. The van der Waals surface area contributed by atoms with Gasteiger partial charge in [-0.3, -0.25) is 9.59 Å². The number of benzene rings is 3. The topological polar surface area (TPSA) is 67.9 Å². The van der Waals surface area contributed by atoms with Crippen molar-refractivity contribution in [3.05, 3.63) is 89.0 Å². The summed E-state index contributed by atoms with van der Waals surface area (Å²) in [6.07, 6.45) is 0. The van der Waals surface area contributed by atoms with Crippen LogP contribution in [0.1, 0.15) is 45.9 Å². The number of aryl methyl sites for hydroxylation is 1. The van der Waals surface area contributed by atoms with Gasteiger partial charge in [-0.05, 0) is 49.2 Å². The number of methoxy groups -OCH3 is 1. The molecule has 0 bridgehead atoms. The number of ether oxygens (including phenoxy) is 2. The third kappa shape index (κ3) is 2.74. The van der Waals surface area contributed by atoms with Gasteiger partial charge in [0.2, 0.25) is 0 Å². The predicted octanol–water partition coefficient (Wildman–Crippen LogP) is 4.70. The quantitative estimate of drug-likeness (QED) is 0.609. The van der Waals surface area contributed by atoms with Crippen LogP contribution in [0.25, 0.3) is 0 Å². The Morgan fingerprint density at radius 2 is 1.85 bits per heavy atom. The lowest BCUT2D eigenvalue weighted by Crippen LogP contribution is -2.54. The second-order valence-electron chi connectivity index (χ2n) is 9.54. The Bertz CT molecular complexity index is 1320. The van der Waals surface area contributed by atoms with Crippen molar-refractivity contribution in [1.82, 2.24) is 4.90 Å². The zero-order valence-electron chi connectivity index (χ0n) is 19.4. The maximum atomic E-state index is 14.2. The highest BCUT2D eigenvalue weighted by Gasteiger charge is 2.65. The Labute approximate surface area is 198 Å². The van der Waals surface area contributed by atoms with E-state index in [2.05, 4.69) is 5.32 Å². The molecule has 1 N–H and O–H groups in total. The maximum Gasteiger partial charge on any atom is 0.257 e. The van der Waals surface area contributed by atoms with Crippen molar-refractivity contribution in [2.75, 3.05) is 19.0 Å². The van der Waals surface area contributed by atoms with E-state index in [0.717, 1.165) is 16.7 Å². The molecule has 6 heteroatoms. The van der Waals surface area contributed by atoms with Crippen LogP contribution in [0.5, 0.6) is 11.5 Å². The first-order valence-corrected chi connectivity index (χ1v) is 11.5. The van der Waals surface area contributed by atoms with E-state index in [1.807, 2.05) is 85.5 Å². The average molecular weight is 455 g/mol. The van der Waals surface area contributed by atoms with Gasteiger partial charge in [0.05, 0.1) is 31.0 Å². The van der Waals surface area contributed by atoms with Gasteiger partial charge in [0.1, 0.15) is 17.0 Å². The van der Waals surface area contributed by atoms with E-state index in [9.17, 15) is 9.59 Å². The average Bonchev–Trinajstić information content (AvgIpc) is 3.09. The minimum atomic E-state index is -1.11. The Balaban J connectivity index is 1.61. The molecule has 0 radical (unpaired) electrons. The predicted molar refractivity (Wildman–Crippen MR) is 128 cm³/mol. The molecular formula is C28H26N2O4. The number of nitrogens with zero attached hydrogens (tertiary/aromatic N) is 1. The van der Waals surface area contributed by atoms with Gasteiger partial charge in [0.15, 0.2) is 0 Å². The summed E-state index contributed by atoms with van der Waals surface area (Å²) in [5, 5.41) is 3.09. The van der Waals surface area contributed by atoms with Gasteiger partial charge in [-0.25, -0.2) is 0 Å². The van der Waals surface area contributed by atoms with Crippen LogP contribution in [0.2, 0.25) is 0 Å². The second kappa shape index (κ2) is 7.35. The van der Waals surface area contributed by atoms with Gasteiger partial charge in [-0.1, -0.05) is 36.4 Å². The molecule has 3 aliphatic rings. The highest BCUT2D eigenvalue weighted by atomic mass is 16.5. The zero-order chi connectivity index (χ0) is 23.6. The Hall–Kier alpha value is -3.80. The number of nitrogens with one attached hydrogen (secondary N) is 1. The first-order chi connectivity index (χ1) is 16.4. The van der Waals surface area contributed by atoms with E-state index in [4.69, 9.17) is 9.47 Å². The summed E-state index contributed by atoms with van der Waals surface area (Å²) in [4.78, 5) is 30.0. The minimum absolute atomic E-state index is 0.0880. The molecule has 34 heavy (non-hydrogen) atoms. The van der Waals surface area contributed by atoms with Crippen molar-refractivity contribution in [3.63, 3.8) is 0 Å². The van der Waals surface area contributed by atoms with Crippen LogP contribution in [-0.2, 0) is 4.79 Å². The fraction of sp³-hybridized carbons (Fsp3) is 0.286. The van der Waals surface area contributed by atoms with Crippen molar-refractivity contribution in [2.45, 2.75) is 31.3 Å². The number of carbonyl (C=O) groups excluding carboxylic acids is 2. The van der Waals surface area contributed by atoms with Gasteiger partial charge in [0, 0.05) is 23.5 Å². The van der Waals surface area contributed by atoms with E-state index < -0.39 is 5.54 Å². The molecule has 3 unspecified atom stereocenters. The van der Waals surface area contributed by atoms with E-state index >= 15 is 0 Å². The summed E-state index contributed by atoms with van der Waals surface area (Å²) in [5.74, 6) is 0.733. The molecule has 4 atom stereocenters. The standard InChI is InChI=1S/C28H26N2O4/c1-16-9-11-19-22(13-16)29-27(32)28(2)24(17-7-5-4-6-8-17)21-15-34-23-14-18(33-3)10-12-20(23)25(21)30(28)26(19)31/h4-14,21,24-25H,15H2,1-3H3,(H,29,32)/t21?,24?,25?,28-/m1/s1. The smallest absolute Gasteiger partial charge is 0.257 e. The van der Waals surface area contributed by atoms with Crippen molar-refractivity contribution < 1.29 is 19.1 Å². The molecule has 2 amide bonds. The first-order valence-electron chi connectivity index (χ1n) is 11.5. The summed E-state index contributed by atoms with van der Waals surface area (Å²) >= 11 is 0. The van der Waals surface area contributed by atoms with Gasteiger partial charge in [0.25, 0.3) is 11.8 Å². The Kier molecular flexibility index (Phi) is 4.49. The highest BCUT2D eigenvalue weighted by molar-refractivity contribution is 6.12. The number of hydrogen-bond acceptors (Lipinski definition) is 4. The molecule has 0 aromatic heterocycles. The van der Waals surface area contributed by atoms with Gasteiger partial charge in [-0.15, -0.1) is 0 Å². The molecule has 6 nitrogen and oxygen atoms in total. The third-order valence-electron chi connectivity index (χ3n) is 7.68. The van der Waals surface area contributed by atoms with E-state index in [0.29, 0.717) is 29.4 Å². The summed E-state index contributed by atoms with van der Waals surface area (Å²) in [7, 11) is 1.62. The fourth-order valence-electron chi connectivity index (χ4n) is 6.13. The molecule has 172 valence electrons. The minimum Gasteiger partial charge on any atom is -0.497 e. The van der Waals surface area contributed by atoms with Crippen LogP contribution in [0.3, 0.4) is 0 Å². The molecule has 1 fully saturated rings. The number of carbonyl (C=O) groups is 2. The number of anilines is 1. The van der Waals surface area contributed by atoms with Crippen molar-refractivity contribution >= 4 is 17.5 Å². The molecule has 0 spiro atoms. The molecule has 1 saturated heterocycles. The fourth-order valence-corrected chi connectivity index (χ4v) is 6.13. The SMILES string of the molecule is COc1ccc2c(c1)OCC1C2N2C(=O)c3ccc(C)cc3NC(=O)[C@@]2(C)C1c1ccccc1. The lowest BCUT2D eigenvalue weighted by Gasteiger charge is -2.38. The van der Waals surface area contributed by atoms with Crippen molar-refractivity contribution in [1.29, 1.82) is 0 Å². The number of fused-ring (bicyclic) bond motifs is 6. The van der Waals surface area contributed by atoms with Crippen LogP contribution in [0.4, 0.5) is 5.69 Å². The van der Waals surface area contributed by atoms with Crippen LogP contribution in [0.15, 0.2) is 66.7 Å². The van der Waals surface area contributed by atoms with Crippen LogP contribution in [0, 0.1) is 12.8 Å². The number of rotatable bonds is 2. The number of amides is 2. The largest absolute Gasteiger partial charge is 0.497 e. The Morgan fingerprint density at radius 1 is 1.06 bits per heavy atom. The summed E-state index contributed by atoms with van der Waals surface area (Å²) in [5.41, 5.74) is 2.88. The third-order valence-corrected chi connectivity index (χ3v) is 7.68. The van der Waals surface area contributed by atoms with Crippen molar-refractivity contribution in [2.24, 2.45) is 5.92 Å². The van der Waals surface area contributed by atoms with Gasteiger partial charge >= 0.3 is 0 Å². The Morgan fingerprint density at radius 3 is 2.62 bits per heavy atom. The highest BCUT2D eigenvalue weighted by Crippen LogP contribution is 2.60. The molecule has 6 rings (SSSR count). The lowest BCUT2D eigenvalue weighted by atomic mass is 9.73. The van der Waals surface area contributed by atoms with Crippen molar-refractivity contribution in [3.8, 4) is 11.5 Å². The lowest BCUT2D eigenvalue weighted by molar-refractivity contribution is -0.125. The molecular weight excluding hydrogens is 428 g/mol. The van der Waals surface area contributed by atoms with Crippen LogP contribution < -0.4 is 14.8 Å². The monoisotopic (exact) mass is 454 g/mol. The maximum absolute atomic E-state index is 14.2. The van der Waals surface area contributed by atoms with E-state index in [-0.39, 0.29) is 29.7 Å². The van der Waals surface area contributed by atoms with Crippen LogP contribution >= 0.6 is 0 Å². The van der Waals surface area contributed by atoms with E-state index in [1.165, 1.54) is 0 Å². The molecule has 3 aromatic carbocycles. The molecule has 3 aromatic rings. The molecule has 3 aliphatic heterocycles. The molecule has 3 heterocycles. The number of hydrogen-bond donors (Lipinski definition) is 1. The van der Waals surface area contributed by atoms with Gasteiger partial charge < -0.3 is 19.7 Å². The molecule has 0 saturated carbocycles. The van der Waals surface area contributed by atoms with Crippen LogP contribution in [-0.4, -0.2) is 36.0 Å². The second-order valence-corrected chi connectivity index (χ2v) is 9.54. The van der Waals surface area contributed by atoms with Gasteiger partial charge in [-0.2, -0.15) is 0 Å². The molecule has 0 aliphatic carbocycles. The normalized spacial score (nSPS) is 26.9. The summed E-state index contributed by atoms with van der Waals surface area (Å²) in [6, 6.07) is 21.0. The van der Waals surface area contributed by atoms with E-state index in [1.54, 1.807) is 7.11 Å². The summed E-state index contributed by atoms with van der Waals surface area (Å²) in [6.45, 7) is 4.26.